The molecule has 144 valence electrons. The highest BCUT2D eigenvalue weighted by Crippen LogP contribution is 2.29. The minimum atomic E-state index is 0.966. The first kappa shape index (κ1) is 20.5. The summed E-state index contributed by atoms with van der Waals surface area (Å²) in [6.45, 7) is 4.16. The summed E-state index contributed by atoms with van der Waals surface area (Å²) in [5.41, 5.74) is 6.42. The maximum absolute atomic E-state index is 3.68. The Morgan fingerprint density at radius 3 is 1.23 bits per heavy atom. The van der Waals surface area contributed by atoms with Crippen molar-refractivity contribution in [1.82, 2.24) is 0 Å². The van der Waals surface area contributed by atoms with Gasteiger partial charge in [0.25, 0.3) is 0 Å². The number of rotatable bonds is 0. The van der Waals surface area contributed by atoms with Crippen molar-refractivity contribution in [2.75, 3.05) is 0 Å². The van der Waals surface area contributed by atoms with Crippen LogP contribution < -0.4 is 0 Å². The smallest absolute Gasteiger partial charge is 0.0397 e. The van der Waals surface area contributed by atoms with E-state index in [1.54, 1.807) is 0 Å². The first-order valence-corrected chi connectivity index (χ1v) is 11.2. The van der Waals surface area contributed by atoms with Gasteiger partial charge >= 0.3 is 0 Å². The van der Waals surface area contributed by atoms with E-state index in [1.165, 1.54) is 11.1 Å². The molecule has 0 saturated heterocycles. The van der Waals surface area contributed by atoms with Gasteiger partial charge in [0.15, 0.2) is 0 Å². The van der Waals surface area contributed by atoms with Crippen LogP contribution in [0.2, 0.25) is 0 Å². The molecule has 0 aliphatic heterocycles. The van der Waals surface area contributed by atoms with Crippen LogP contribution in [0.25, 0.3) is 10.8 Å². The van der Waals surface area contributed by atoms with Crippen molar-refractivity contribution >= 4 is 42.6 Å². The first-order chi connectivity index (χ1) is 14.5. The third kappa shape index (κ3) is 4.85. The molecule has 0 amide bonds. The molecule has 0 radical (unpaired) electrons. The van der Waals surface area contributed by atoms with E-state index in [4.69, 9.17) is 0 Å². The van der Waals surface area contributed by atoms with Crippen LogP contribution in [0, 0.1) is 37.5 Å². The number of benzene rings is 4. The Labute approximate surface area is 194 Å². The molecule has 0 fully saturated rings. The zero-order valence-corrected chi connectivity index (χ0v) is 19.9. The minimum Gasteiger partial charge on any atom is -0.0616 e. The standard InChI is InChI=1S/C28H18Br2/c1-19-3-7-21(8-4-19)11-13-23-15-25-18-28(30)24(16-26(25)17-27(23)29)14-12-22-9-5-20(2)6-10-22/h3-10,15-18H,1-2H3. The van der Waals surface area contributed by atoms with E-state index in [-0.39, 0.29) is 0 Å². The Hall–Kier alpha value is -2.78. The van der Waals surface area contributed by atoms with Gasteiger partial charge in [-0.3, -0.25) is 0 Å². The summed E-state index contributed by atoms with van der Waals surface area (Å²) in [6, 6.07) is 25.0. The second kappa shape index (κ2) is 8.93. The van der Waals surface area contributed by atoms with Gasteiger partial charge in [-0.1, -0.05) is 59.1 Å². The number of aryl methyl sites for hydroxylation is 2. The highest BCUT2D eigenvalue weighted by atomic mass is 79.9. The van der Waals surface area contributed by atoms with Gasteiger partial charge in [-0.15, -0.1) is 0 Å². The van der Waals surface area contributed by atoms with Gasteiger partial charge in [0.1, 0.15) is 0 Å². The lowest BCUT2D eigenvalue weighted by Gasteiger charge is -2.05. The summed E-state index contributed by atoms with van der Waals surface area (Å²) in [6.07, 6.45) is 0. The highest BCUT2D eigenvalue weighted by molar-refractivity contribution is 9.10. The van der Waals surface area contributed by atoms with Crippen molar-refractivity contribution in [2.45, 2.75) is 13.8 Å². The van der Waals surface area contributed by atoms with E-state index in [0.29, 0.717) is 0 Å². The monoisotopic (exact) mass is 512 g/mol. The molecule has 0 heterocycles. The molecule has 0 nitrogen and oxygen atoms in total. The summed E-state index contributed by atoms with van der Waals surface area (Å²) in [5, 5.41) is 2.25. The van der Waals surface area contributed by atoms with E-state index >= 15 is 0 Å². The number of halogens is 2. The Morgan fingerprint density at radius 1 is 0.500 bits per heavy atom. The fraction of sp³-hybridized carbons (Fsp3) is 0.0714. The third-order valence-corrected chi connectivity index (χ3v) is 6.11. The van der Waals surface area contributed by atoms with Gasteiger partial charge in [0.05, 0.1) is 0 Å². The van der Waals surface area contributed by atoms with Crippen LogP contribution in [0.15, 0.2) is 81.7 Å². The average molecular weight is 514 g/mol. The molecule has 0 aliphatic rings. The largest absolute Gasteiger partial charge is 0.0616 e. The SMILES string of the molecule is Cc1ccc(C#Cc2cc3cc(Br)c(C#Cc4ccc(C)cc4)cc3cc2Br)cc1. The lowest BCUT2D eigenvalue weighted by molar-refractivity contribution is 1.46. The van der Waals surface area contributed by atoms with Gasteiger partial charge in [-0.25, -0.2) is 0 Å². The van der Waals surface area contributed by atoms with Crippen LogP contribution in [0.4, 0.5) is 0 Å². The summed E-state index contributed by atoms with van der Waals surface area (Å²) in [4.78, 5) is 0. The van der Waals surface area contributed by atoms with Gasteiger partial charge in [0, 0.05) is 31.2 Å². The Kier molecular flexibility index (Phi) is 6.10. The Bertz CT molecular complexity index is 1250. The molecule has 4 aromatic rings. The van der Waals surface area contributed by atoms with Crippen LogP contribution in [0.1, 0.15) is 33.4 Å². The van der Waals surface area contributed by atoms with Crippen molar-refractivity contribution in [3.63, 3.8) is 0 Å². The third-order valence-electron chi connectivity index (χ3n) is 4.80. The summed E-state index contributed by atoms with van der Waals surface area (Å²) in [5.74, 6) is 13.1. The van der Waals surface area contributed by atoms with E-state index in [0.717, 1.165) is 42.0 Å². The van der Waals surface area contributed by atoms with Gasteiger partial charge in [0.2, 0.25) is 0 Å². The van der Waals surface area contributed by atoms with Crippen LogP contribution in [0.3, 0.4) is 0 Å². The minimum absolute atomic E-state index is 0.966. The quantitative estimate of drug-likeness (QED) is 0.210. The van der Waals surface area contributed by atoms with E-state index in [9.17, 15) is 0 Å². The van der Waals surface area contributed by atoms with Crippen molar-refractivity contribution in [2.24, 2.45) is 0 Å². The molecule has 0 bridgehead atoms. The molecule has 0 aliphatic carbocycles. The van der Waals surface area contributed by atoms with Gasteiger partial charge in [-0.2, -0.15) is 0 Å². The second-order valence-electron chi connectivity index (χ2n) is 7.24. The molecule has 30 heavy (non-hydrogen) atoms. The Balaban J connectivity index is 1.69. The number of hydrogen-bond acceptors (Lipinski definition) is 0. The number of fused-ring (bicyclic) bond motifs is 1. The molecule has 0 saturated carbocycles. The summed E-state index contributed by atoms with van der Waals surface area (Å²) in [7, 11) is 0. The lowest BCUT2D eigenvalue weighted by atomic mass is 10.0. The molecule has 4 aromatic carbocycles. The molecule has 0 atom stereocenters. The van der Waals surface area contributed by atoms with Crippen molar-refractivity contribution in [3.05, 3.63) is 115 Å². The van der Waals surface area contributed by atoms with Gasteiger partial charge < -0.3 is 0 Å². The normalized spacial score (nSPS) is 10.1. The van der Waals surface area contributed by atoms with E-state index in [1.807, 2.05) is 24.3 Å². The zero-order chi connectivity index (χ0) is 21.1. The predicted octanol–water partition coefficient (Wildman–Crippen LogP) is 7.78. The van der Waals surface area contributed by atoms with Crippen LogP contribution >= 0.6 is 31.9 Å². The van der Waals surface area contributed by atoms with Gasteiger partial charge in [-0.05, 0) is 105 Å². The fourth-order valence-corrected chi connectivity index (χ4v) is 3.96. The fourth-order valence-electron chi connectivity index (χ4n) is 3.04. The molecule has 2 heteroatoms. The van der Waals surface area contributed by atoms with Crippen molar-refractivity contribution in [3.8, 4) is 23.7 Å². The summed E-state index contributed by atoms with van der Waals surface area (Å²) < 4.78 is 1.96. The average Bonchev–Trinajstić information content (AvgIpc) is 2.73. The predicted molar refractivity (Wildman–Crippen MR) is 134 cm³/mol. The van der Waals surface area contributed by atoms with Crippen molar-refractivity contribution < 1.29 is 0 Å². The molecular formula is C28H18Br2. The first-order valence-electron chi connectivity index (χ1n) is 9.58. The zero-order valence-electron chi connectivity index (χ0n) is 16.7. The van der Waals surface area contributed by atoms with Crippen molar-refractivity contribution in [1.29, 1.82) is 0 Å². The van der Waals surface area contributed by atoms with Crippen LogP contribution in [-0.2, 0) is 0 Å². The molecule has 0 N–H and O–H groups in total. The highest BCUT2D eigenvalue weighted by Gasteiger charge is 2.05. The topological polar surface area (TPSA) is 0 Å². The maximum Gasteiger partial charge on any atom is 0.0397 e. The molecule has 0 aromatic heterocycles. The van der Waals surface area contributed by atoms with E-state index in [2.05, 4.69) is 118 Å². The lowest BCUT2D eigenvalue weighted by Crippen LogP contribution is -1.85. The Morgan fingerprint density at radius 2 is 0.867 bits per heavy atom. The number of hydrogen-bond donors (Lipinski definition) is 0. The van der Waals surface area contributed by atoms with Crippen LogP contribution in [0.5, 0.6) is 0 Å². The maximum atomic E-state index is 3.68. The molecule has 0 unspecified atom stereocenters. The summed E-state index contributed by atoms with van der Waals surface area (Å²) >= 11 is 7.36. The van der Waals surface area contributed by atoms with Crippen LogP contribution in [-0.4, -0.2) is 0 Å². The molecule has 4 rings (SSSR count). The second-order valence-corrected chi connectivity index (χ2v) is 8.95. The molecule has 0 spiro atoms. The van der Waals surface area contributed by atoms with E-state index < -0.39 is 0 Å². The molecular weight excluding hydrogens is 496 g/mol.